The summed E-state index contributed by atoms with van der Waals surface area (Å²) in [6.07, 6.45) is 0.115. The molecule has 8 nitrogen and oxygen atoms in total. The number of cyclic esters (lactones) is 1. The Bertz CT molecular complexity index is 1340. The van der Waals surface area contributed by atoms with E-state index in [0.717, 1.165) is 22.2 Å². The molecule has 152 valence electrons. The van der Waals surface area contributed by atoms with Crippen LogP contribution in [0.1, 0.15) is 37.0 Å². The zero-order valence-corrected chi connectivity index (χ0v) is 16.6. The Balaban J connectivity index is 1.72. The summed E-state index contributed by atoms with van der Waals surface area (Å²) in [5.41, 5.74) is 7.86. The zero-order chi connectivity index (χ0) is 21.2. The SMILES string of the molecule is CC[C@@]1(O)C(=O)OCc2c1cc1n(c2=O)Cc2cc3cc(N=C(C)N)ccc3nc2-1. The molecule has 1 aromatic carbocycles. The smallest absolute Gasteiger partial charge is 0.343 e. The van der Waals surface area contributed by atoms with Crippen LogP contribution in [0.2, 0.25) is 0 Å². The molecule has 2 aliphatic rings. The predicted octanol–water partition coefficient (Wildman–Crippen LogP) is 2.09. The van der Waals surface area contributed by atoms with E-state index in [0.29, 0.717) is 34.9 Å². The molecule has 0 radical (unpaired) electrons. The fourth-order valence-corrected chi connectivity index (χ4v) is 4.25. The van der Waals surface area contributed by atoms with Gasteiger partial charge in [0.25, 0.3) is 5.56 Å². The molecular weight excluding hydrogens is 384 g/mol. The monoisotopic (exact) mass is 404 g/mol. The molecule has 4 heterocycles. The largest absolute Gasteiger partial charge is 0.458 e. The Kier molecular flexibility index (Phi) is 3.85. The summed E-state index contributed by atoms with van der Waals surface area (Å²) in [5.74, 6) is -0.261. The zero-order valence-electron chi connectivity index (χ0n) is 16.6. The first kappa shape index (κ1) is 18.5. The van der Waals surface area contributed by atoms with Crippen LogP contribution < -0.4 is 11.3 Å². The molecule has 0 aliphatic carbocycles. The van der Waals surface area contributed by atoms with Gasteiger partial charge in [-0.05, 0) is 43.7 Å². The van der Waals surface area contributed by atoms with Gasteiger partial charge in [0, 0.05) is 16.5 Å². The van der Waals surface area contributed by atoms with Gasteiger partial charge in [-0.1, -0.05) is 6.92 Å². The number of carbonyl (C=O) groups is 1. The minimum absolute atomic E-state index is 0.115. The van der Waals surface area contributed by atoms with E-state index in [1.165, 1.54) is 0 Å². The summed E-state index contributed by atoms with van der Waals surface area (Å²) in [5, 5.41) is 11.8. The first-order valence-electron chi connectivity index (χ1n) is 9.73. The molecule has 0 saturated heterocycles. The number of fused-ring (bicyclic) bond motifs is 5. The standard InChI is InChI=1S/C22H20N4O4/c1-3-22(29)16-8-18-19-13(9-26(18)20(27)15(16)10-30-21(22)28)6-12-7-14(24-11(2)23)4-5-17(12)25-19/h4-8,29H,3,9-10H2,1-2H3,(H2,23,24)/t22-/m0/s1. The number of hydrogen-bond donors (Lipinski definition) is 2. The molecule has 0 unspecified atom stereocenters. The number of rotatable bonds is 2. The Morgan fingerprint density at radius 3 is 2.87 bits per heavy atom. The number of benzene rings is 1. The molecule has 2 aliphatic heterocycles. The van der Waals surface area contributed by atoms with Gasteiger partial charge in [-0.3, -0.25) is 4.79 Å². The third kappa shape index (κ3) is 2.50. The van der Waals surface area contributed by atoms with E-state index in [1.807, 2.05) is 24.3 Å². The number of aliphatic imine (C=N–C) groups is 1. The second kappa shape index (κ2) is 6.24. The van der Waals surface area contributed by atoms with E-state index in [2.05, 4.69) is 4.99 Å². The lowest BCUT2D eigenvalue weighted by Crippen LogP contribution is -2.44. The van der Waals surface area contributed by atoms with Crippen molar-refractivity contribution in [3.8, 4) is 11.4 Å². The van der Waals surface area contributed by atoms with E-state index in [9.17, 15) is 14.7 Å². The van der Waals surface area contributed by atoms with Crippen LogP contribution in [0, 0.1) is 0 Å². The Hall–Kier alpha value is -3.52. The quantitative estimate of drug-likeness (QED) is 0.300. The van der Waals surface area contributed by atoms with Crippen LogP contribution in [0.15, 0.2) is 40.1 Å². The third-order valence-electron chi connectivity index (χ3n) is 5.80. The van der Waals surface area contributed by atoms with Crippen LogP contribution in [-0.2, 0) is 28.3 Å². The molecule has 8 heteroatoms. The van der Waals surface area contributed by atoms with Crippen LogP contribution in [0.25, 0.3) is 22.3 Å². The molecule has 3 N–H and O–H groups in total. The van der Waals surface area contributed by atoms with Crippen molar-refractivity contribution in [3.05, 3.63) is 57.4 Å². The van der Waals surface area contributed by atoms with Gasteiger partial charge in [0.05, 0.1) is 40.5 Å². The molecule has 0 bridgehead atoms. The van der Waals surface area contributed by atoms with Crippen molar-refractivity contribution in [2.24, 2.45) is 10.7 Å². The van der Waals surface area contributed by atoms with Crippen molar-refractivity contribution >= 4 is 28.4 Å². The number of esters is 1. The normalized spacial score (nSPS) is 20.0. The highest BCUT2D eigenvalue weighted by Gasteiger charge is 2.45. The van der Waals surface area contributed by atoms with Crippen LogP contribution in [0.3, 0.4) is 0 Å². The molecule has 5 rings (SSSR count). The number of pyridine rings is 2. The van der Waals surface area contributed by atoms with E-state index in [1.54, 1.807) is 24.5 Å². The molecule has 3 aromatic rings. The summed E-state index contributed by atoms with van der Waals surface area (Å²) < 4.78 is 6.71. The predicted molar refractivity (Wildman–Crippen MR) is 111 cm³/mol. The van der Waals surface area contributed by atoms with Crippen LogP contribution in [0.5, 0.6) is 0 Å². The molecular formula is C22H20N4O4. The molecule has 0 fully saturated rings. The number of amidine groups is 1. The van der Waals surface area contributed by atoms with Crippen molar-refractivity contribution in [1.82, 2.24) is 9.55 Å². The minimum atomic E-state index is -1.82. The topological polar surface area (TPSA) is 120 Å². The number of nitrogens with zero attached hydrogens (tertiary/aromatic N) is 3. The highest BCUT2D eigenvalue weighted by Crippen LogP contribution is 2.38. The van der Waals surface area contributed by atoms with E-state index in [-0.39, 0.29) is 18.6 Å². The van der Waals surface area contributed by atoms with Crippen molar-refractivity contribution in [2.45, 2.75) is 39.0 Å². The lowest BCUT2D eigenvalue weighted by molar-refractivity contribution is -0.172. The number of aromatic nitrogens is 2. The van der Waals surface area contributed by atoms with Gasteiger partial charge in [0.2, 0.25) is 0 Å². The molecule has 0 saturated carbocycles. The first-order chi connectivity index (χ1) is 14.3. The van der Waals surface area contributed by atoms with Gasteiger partial charge in [0.1, 0.15) is 6.61 Å². The summed E-state index contributed by atoms with van der Waals surface area (Å²) in [6, 6.07) is 9.29. The summed E-state index contributed by atoms with van der Waals surface area (Å²) >= 11 is 0. The maximum atomic E-state index is 13.2. The Morgan fingerprint density at radius 2 is 2.13 bits per heavy atom. The Labute approximate surface area is 171 Å². The molecule has 0 amide bonds. The van der Waals surface area contributed by atoms with E-state index < -0.39 is 11.6 Å². The first-order valence-corrected chi connectivity index (χ1v) is 9.73. The van der Waals surface area contributed by atoms with Gasteiger partial charge in [-0.2, -0.15) is 0 Å². The number of ether oxygens (including phenoxy) is 1. The highest BCUT2D eigenvalue weighted by atomic mass is 16.6. The third-order valence-corrected chi connectivity index (χ3v) is 5.80. The van der Waals surface area contributed by atoms with Crippen LogP contribution in [-0.4, -0.2) is 26.5 Å². The lowest BCUT2D eigenvalue weighted by Gasteiger charge is -2.31. The lowest BCUT2D eigenvalue weighted by atomic mass is 9.86. The highest BCUT2D eigenvalue weighted by molar-refractivity contribution is 5.89. The number of hydrogen-bond acceptors (Lipinski definition) is 6. The van der Waals surface area contributed by atoms with E-state index in [4.69, 9.17) is 15.5 Å². The van der Waals surface area contributed by atoms with Crippen molar-refractivity contribution in [1.29, 1.82) is 0 Å². The summed E-state index contributed by atoms with van der Waals surface area (Å²) in [7, 11) is 0. The molecule has 0 spiro atoms. The summed E-state index contributed by atoms with van der Waals surface area (Å²) in [4.78, 5) is 34.4. The number of aliphatic hydroxyl groups is 1. The fraction of sp³-hybridized carbons (Fsp3) is 0.273. The maximum absolute atomic E-state index is 13.2. The second-order valence-electron chi connectivity index (χ2n) is 7.73. The van der Waals surface area contributed by atoms with Crippen molar-refractivity contribution in [2.75, 3.05) is 0 Å². The van der Waals surface area contributed by atoms with E-state index >= 15 is 0 Å². The minimum Gasteiger partial charge on any atom is -0.458 e. The van der Waals surface area contributed by atoms with Gasteiger partial charge in [-0.15, -0.1) is 0 Å². The van der Waals surface area contributed by atoms with Crippen LogP contribution in [0.4, 0.5) is 5.69 Å². The fourth-order valence-electron chi connectivity index (χ4n) is 4.25. The van der Waals surface area contributed by atoms with Gasteiger partial charge in [0.15, 0.2) is 5.60 Å². The number of nitrogens with two attached hydrogens (primary N) is 1. The van der Waals surface area contributed by atoms with Crippen molar-refractivity contribution < 1.29 is 14.6 Å². The molecule has 30 heavy (non-hydrogen) atoms. The molecule has 1 atom stereocenters. The average Bonchev–Trinajstić information content (AvgIpc) is 3.07. The number of carbonyl (C=O) groups excluding carboxylic acids is 1. The van der Waals surface area contributed by atoms with Crippen molar-refractivity contribution in [3.63, 3.8) is 0 Å². The Morgan fingerprint density at radius 1 is 1.33 bits per heavy atom. The van der Waals surface area contributed by atoms with Gasteiger partial charge >= 0.3 is 5.97 Å². The van der Waals surface area contributed by atoms with Gasteiger partial charge in [-0.25, -0.2) is 14.8 Å². The molecule has 2 aromatic heterocycles. The van der Waals surface area contributed by atoms with Crippen LogP contribution >= 0.6 is 0 Å². The second-order valence-corrected chi connectivity index (χ2v) is 7.73. The average molecular weight is 404 g/mol. The van der Waals surface area contributed by atoms with Gasteiger partial charge < -0.3 is 20.1 Å². The summed E-state index contributed by atoms with van der Waals surface area (Å²) in [6.45, 7) is 3.63. The maximum Gasteiger partial charge on any atom is 0.343 e.